The van der Waals surface area contributed by atoms with Gasteiger partial charge in [-0.25, -0.2) is 0 Å². The first-order chi connectivity index (χ1) is 22.4. The Hall–Kier alpha value is -4.93. The molecule has 228 valence electrons. The van der Waals surface area contributed by atoms with Gasteiger partial charge in [0.2, 0.25) is 6.71 Å². The predicted molar refractivity (Wildman–Crippen MR) is 184 cm³/mol. The molecule has 0 radical (unpaired) electrons. The number of ether oxygens (including phenoxy) is 2. The van der Waals surface area contributed by atoms with E-state index in [2.05, 4.69) is 98.1 Å². The molecule has 0 atom stereocenters. The van der Waals surface area contributed by atoms with Gasteiger partial charge in [0.1, 0.15) is 11.5 Å². The Labute approximate surface area is 288 Å². The molecule has 9 rings (SSSR count). The van der Waals surface area contributed by atoms with E-state index in [1.165, 1.54) is 5.56 Å². The molecular weight excluding hydrogens is 760 g/mol. The number of fused-ring (bicyclic) bond motifs is 5. The zero-order valence-corrected chi connectivity index (χ0v) is 28.3. The standard InChI is InChI=1S/C40H28BN3O2.Pt/c1-40(2,3)27-20-21-42-32(24-27)25-16-18-34-29(22-25)41-30-23-26(17-19-35(30)46-37-15-9-14-36(45-34)38(37)41)39-43-31-12-7-8-13-33(31)44(39)28-10-5-4-6-11-28;/h4-21,24H,1-3H3;/q-2;+2. The Bertz CT molecular complexity index is 2310. The average molecular weight is 789 g/mol. The van der Waals surface area contributed by atoms with Crippen molar-refractivity contribution in [2.24, 2.45) is 0 Å². The van der Waals surface area contributed by atoms with Crippen LogP contribution in [0.2, 0.25) is 0 Å². The van der Waals surface area contributed by atoms with Crippen LogP contribution in [0.4, 0.5) is 0 Å². The molecule has 5 nitrogen and oxygen atoms in total. The summed E-state index contributed by atoms with van der Waals surface area (Å²) in [6.45, 7) is 6.45. The van der Waals surface area contributed by atoms with Crippen LogP contribution in [-0.2, 0) is 26.5 Å². The molecule has 5 aromatic carbocycles. The smallest absolute Gasteiger partial charge is 0.503 e. The number of benzene rings is 5. The normalized spacial score (nSPS) is 12.7. The molecule has 47 heavy (non-hydrogen) atoms. The number of nitrogens with zero attached hydrogens (tertiary/aromatic N) is 3. The summed E-state index contributed by atoms with van der Waals surface area (Å²) in [5.41, 5.74) is 9.78. The second-order valence-electron chi connectivity index (χ2n) is 12.9. The molecule has 4 heterocycles. The zero-order valence-electron chi connectivity index (χ0n) is 26.0. The quantitative estimate of drug-likeness (QED) is 0.139. The molecule has 0 unspecified atom stereocenters. The maximum atomic E-state index is 6.51. The molecule has 0 N–H and O–H groups in total. The summed E-state index contributed by atoms with van der Waals surface area (Å²) in [4.78, 5) is 9.85. The van der Waals surface area contributed by atoms with Gasteiger partial charge in [0.25, 0.3) is 0 Å². The van der Waals surface area contributed by atoms with Crippen molar-refractivity contribution >= 4 is 34.1 Å². The van der Waals surface area contributed by atoms with Crippen LogP contribution in [0.5, 0.6) is 23.0 Å². The van der Waals surface area contributed by atoms with Crippen molar-refractivity contribution in [3.63, 3.8) is 0 Å². The molecule has 7 aromatic rings. The van der Waals surface area contributed by atoms with E-state index in [4.69, 9.17) is 19.4 Å². The van der Waals surface area contributed by atoms with Crippen LogP contribution in [0.15, 0.2) is 115 Å². The molecule has 0 fully saturated rings. The third kappa shape index (κ3) is 4.82. The van der Waals surface area contributed by atoms with Crippen LogP contribution in [0.25, 0.3) is 39.4 Å². The van der Waals surface area contributed by atoms with Gasteiger partial charge in [-0.05, 0) is 59.1 Å². The minimum Gasteiger partial charge on any atom is -0.503 e. The third-order valence-electron chi connectivity index (χ3n) is 8.92. The van der Waals surface area contributed by atoms with Crippen LogP contribution in [0, 0.1) is 12.1 Å². The number of hydrogen-bond donors (Lipinski definition) is 0. The summed E-state index contributed by atoms with van der Waals surface area (Å²) in [7, 11) is 0. The van der Waals surface area contributed by atoms with Crippen molar-refractivity contribution in [3.8, 4) is 51.3 Å². The maximum Gasteiger partial charge on any atom is 2.00 e. The van der Waals surface area contributed by atoms with E-state index in [1.807, 2.05) is 54.7 Å². The summed E-state index contributed by atoms with van der Waals surface area (Å²) < 4.78 is 15.2. The average Bonchev–Trinajstić information content (AvgIpc) is 3.48. The number of aromatic nitrogens is 3. The molecule has 0 aliphatic carbocycles. The van der Waals surface area contributed by atoms with Crippen molar-refractivity contribution in [3.05, 3.63) is 133 Å². The SMILES string of the molecule is CC(C)(C)c1ccnc(-c2[c-]c3c(cc2)Oc2cccc4c2B3c2[c-]c(-c3nc5ccccc5n3-c3ccccc3)ccc2O4)c1.[Pt+2]. The van der Waals surface area contributed by atoms with E-state index in [1.54, 1.807) is 0 Å². The Morgan fingerprint density at radius 1 is 0.681 bits per heavy atom. The Balaban J connectivity index is 0.00000324. The van der Waals surface area contributed by atoms with Gasteiger partial charge in [0.05, 0.1) is 16.9 Å². The van der Waals surface area contributed by atoms with Gasteiger partial charge >= 0.3 is 21.1 Å². The minimum atomic E-state index is -0.195. The Kier molecular flexibility index (Phi) is 6.96. The summed E-state index contributed by atoms with van der Waals surface area (Å²) in [6.07, 6.45) is 1.88. The zero-order chi connectivity index (χ0) is 31.0. The van der Waals surface area contributed by atoms with E-state index < -0.39 is 0 Å². The second-order valence-corrected chi connectivity index (χ2v) is 12.9. The van der Waals surface area contributed by atoms with Gasteiger partial charge < -0.3 is 19.0 Å². The fourth-order valence-corrected chi connectivity index (χ4v) is 6.63. The van der Waals surface area contributed by atoms with E-state index in [-0.39, 0.29) is 33.2 Å². The van der Waals surface area contributed by atoms with Crippen LogP contribution >= 0.6 is 0 Å². The van der Waals surface area contributed by atoms with Gasteiger partial charge in [0.15, 0.2) is 0 Å². The molecule has 0 saturated heterocycles. The van der Waals surface area contributed by atoms with Crippen molar-refractivity contribution in [1.29, 1.82) is 0 Å². The van der Waals surface area contributed by atoms with Crippen LogP contribution in [0.3, 0.4) is 0 Å². The van der Waals surface area contributed by atoms with E-state index in [0.717, 1.165) is 78.8 Å². The molecular formula is C40H28BN3O2Pt. The number of rotatable bonds is 3. The first-order valence-corrected chi connectivity index (χ1v) is 15.5. The van der Waals surface area contributed by atoms with E-state index in [0.29, 0.717) is 0 Å². The summed E-state index contributed by atoms with van der Waals surface area (Å²) in [6, 6.07) is 44.5. The molecule has 0 bridgehead atoms. The van der Waals surface area contributed by atoms with Crippen molar-refractivity contribution in [2.75, 3.05) is 0 Å². The molecule has 2 aliphatic rings. The first-order valence-electron chi connectivity index (χ1n) is 15.5. The van der Waals surface area contributed by atoms with Gasteiger partial charge in [-0.1, -0.05) is 63.2 Å². The third-order valence-corrected chi connectivity index (χ3v) is 8.92. The molecule has 7 heteroatoms. The first kappa shape index (κ1) is 29.5. The van der Waals surface area contributed by atoms with Crippen molar-refractivity contribution < 1.29 is 30.5 Å². The number of imidazole rings is 1. The summed E-state index contributed by atoms with van der Waals surface area (Å²) in [5, 5.41) is 0. The minimum absolute atomic E-state index is 0. The molecule has 2 aromatic heterocycles. The molecule has 0 spiro atoms. The van der Waals surface area contributed by atoms with Crippen LogP contribution in [-0.4, -0.2) is 21.2 Å². The van der Waals surface area contributed by atoms with Gasteiger partial charge in [-0.2, -0.15) is 0 Å². The van der Waals surface area contributed by atoms with Crippen LogP contribution < -0.4 is 25.9 Å². The number of para-hydroxylation sites is 3. The number of hydrogen-bond acceptors (Lipinski definition) is 4. The monoisotopic (exact) mass is 788 g/mol. The topological polar surface area (TPSA) is 49.2 Å². The van der Waals surface area contributed by atoms with Gasteiger partial charge in [-0.3, -0.25) is 4.98 Å². The van der Waals surface area contributed by atoms with E-state index in [9.17, 15) is 0 Å². The second kappa shape index (κ2) is 11.1. The predicted octanol–water partition coefficient (Wildman–Crippen LogP) is 7.38. The fourth-order valence-electron chi connectivity index (χ4n) is 6.63. The summed E-state index contributed by atoms with van der Waals surface area (Å²) in [5.74, 6) is 3.92. The van der Waals surface area contributed by atoms with Gasteiger partial charge in [0, 0.05) is 28.8 Å². The van der Waals surface area contributed by atoms with Crippen LogP contribution in [0.1, 0.15) is 26.3 Å². The molecule has 0 saturated carbocycles. The van der Waals surface area contributed by atoms with Gasteiger partial charge in [-0.15, -0.1) is 58.5 Å². The fraction of sp³-hybridized carbons (Fsp3) is 0.100. The maximum absolute atomic E-state index is 6.51. The van der Waals surface area contributed by atoms with Crippen molar-refractivity contribution in [1.82, 2.24) is 14.5 Å². The van der Waals surface area contributed by atoms with E-state index >= 15 is 0 Å². The molecule has 0 amide bonds. The number of pyridine rings is 1. The summed E-state index contributed by atoms with van der Waals surface area (Å²) >= 11 is 0. The molecule has 2 aliphatic heterocycles. The largest absolute Gasteiger partial charge is 2.00 e. The Morgan fingerprint density at radius 3 is 2.06 bits per heavy atom. The Morgan fingerprint density at radius 2 is 1.34 bits per heavy atom. The van der Waals surface area contributed by atoms with Crippen molar-refractivity contribution in [2.45, 2.75) is 26.2 Å².